The van der Waals surface area contributed by atoms with Gasteiger partial charge in [-0.25, -0.2) is 0 Å². The van der Waals surface area contributed by atoms with Gasteiger partial charge in [0.25, 0.3) is 5.56 Å². The average molecular weight is 376 g/mol. The van der Waals surface area contributed by atoms with Gasteiger partial charge < -0.3 is 38.1 Å². The summed E-state index contributed by atoms with van der Waals surface area (Å²) in [6, 6.07) is 5.63. The van der Waals surface area contributed by atoms with Crippen molar-refractivity contribution in [1.82, 2.24) is 4.57 Å². The Morgan fingerprint density at radius 1 is 1.42 bits per heavy atom. The van der Waals surface area contributed by atoms with Gasteiger partial charge in [0.05, 0.1) is 26.7 Å². The van der Waals surface area contributed by atoms with E-state index in [1.165, 1.54) is 12.1 Å². The van der Waals surface area contributed by atoms with Gasteiger partial charge in [0.15, 0.2) is 0 Å². The number of rotatable bonds is 2. The van der Waals surface area contributed by atoms with E-state index in [0.29, 0.717) is 11.8 Å². The second kappa shape index (κ2) is 5.54. The minimum absolute atomic E-state index is 0. The molecule has 2 aliphatic heterocycles. The van der Waals surface area contributed by atoms with Gasteiger partial charge in [-0.3, -0.25) is 4.79 Å². The van der Waals surface area contributed by atoms with E-state index in [9.17, 15) is 9.90 Å². The van der Waals surface area contributed by atoms with Crippen molar-refractivity contribution in [3.63, 3.8) is 0 Å². The summed E-state index contributed by atoms with van der Waals surface area (Å²) in [6.07, 6.45) is 1.20. The van der Waals surface area contributed by atoms with Crippen LogP contribution in [0.5, 0.6) is 0 Å². The van der Waals surface area contributed by atoms with Crippen LogP contribution in [0.4, 0.5) is 0 Å². The van der Waals surface area contributed by atoms with Crippen LogP contribution in [-0.4, -0.2) is 47.4 Å². The number of nitrogens with zero attached hydrogens (tertiary/aromatic N) is 2. The Hall–Kier alpha value is -0.400. The van der Waals surface area contributed by atoms with Crippen molar-refractivity contribution in [2.24, 2.45) is 5.92 Å². The minimum Gasteiger partial charge on any atom is -1.00 e. The van der Waals surface area contributed by atoms with Crippen molar-refractivity contribution in [3.8, 4) is 0 Å². The van der Waals surface area contributed by atoms with Crippen LogP contribution in [0.2, 0.25) is 0 Å². The van der Waals surface area contributed by atoms with Crippen LogP contribution in [0.1, 0.15) is 18.0 Å². The zero-order valence-electron chi connectivity index (χ0n) is 11.3. The van der Waals surface area contributed by atoms with Crippen LogP contribution in [-0.2, 0) is 6.54 Å². The Labute approximate surface area is 130 Å². The maximum Gasteiger partial charge on any atom is 0.250 e. The van der Waals surface area contributed by atoms with E-state index >= 15 is 0 Å². The van der Waals surface area contributed by atoms with Gasteiger partial charge >= 0.3 is 0 Å². The first-order valence-electron chi connectivity index (χ1n) is 6.75. The fourth-order valence-corrected chi connectivity index (χ4v) is 3.90. The zero-order valence-corrected chi connectivity index (χ0v) is 13.4. The minimum atomic E-state index is 0. The second-order valence-electron chi connectivity index (χ2n) is 6.13. The summed E-state index contributed by atoms with van der Waals surface area (Å²) in [6.45, 7) is 4.05. The number of quaternary nitrogens is 1. The fraction of sp³-hybridized carbons (Fsp3) is 0.643. The van der Waals surface area contributed by atoms with Crippen LogP contribution in [0.15, 0.2) is 23.0 Å². The third kappa shape index (κ3) is 2.73. The lowest BCUT2D eigenvalue weighted by atomic mass is 9.82. The molecule has 0 spiro atoms. The normalized spacial score (nSPS) is 32.3. The molecule has 0 aliphatic carbocycles. The Kier molecular flexibility index (Phi) is 4.37. The number of aliphatic hydroxyl groups is 1. The van der Waals surface area contributed by atoms with E-state index in [1.807, 2.05) is 10.6 Å². The van der Waals surface area contributed by atoms with Gasteiger partial charge in [0.1, 0.15) is 6.54 Å². The van der Waals surface area contributed by atoms with Gasteiger partial charge in [0.2, 0.25) is 0 Å². The second-order valence-corrected chi connectivity index (χ2v) is 6.13. The lowest BCUT2D eigenvalue weighted by Gasteiger charge is -2.47. The highest BCUT2D eigenvalue weighted by Crippen LogP contribution is 2.37. The lowest BCUT2D eigenvalue weighted by molar-refractivity contribution is -0.920. The molecule has 2 bridgehead atoms. The molecule has 0 aromatic carbocycles. The van der Waals surface area contributed by atoms with Crippen LogP contribution in [0.3, 0.4) is 0 Å². The highest BCUT2D eigenvalue weighted by molar-refractivity contribution is 5.15. The number of aromatic nitrogens is 1. The van der Waals surface area contributed by atoms with E-state index in [4.69, 9.17) is 0 Å². The summed E-state index contributed by atoms with van der Waals surface area (Å²) in [5, 5.41) is 9.22. The highest BCUT2D eigenvalue weighted by atomic mass is 127. The van der Waals surface area contributed by atoms with Crippen LogP contribution >= 0.6 is 0 Å². The molecule has 0 saturated carbocycles. The third-order valence-electron chi connectivity index (χ3n) is 4.56. The summed E-state index contributed by atoms with van der Waals surface area (Å²) >= 11 is 0. The predicted octanol–water partition coefficient (Wildman–Crippen LogP) is -2.59. The molecule has 1 saturated heterocycles. The van der Waals surface area contributed by atoms with Gasteiger partial charge in [-0.2, -0.15) is 0 Å². The Morgan fingerprint density at radius 2 is 2.21 bits per heavy atom. The average Bonchev–Trinajstić information content (AvgIpc) is 2.30. The maximum absolute atomic E-state index is 11.9. The quantitative estimate of drug-likeness (QED) is 0.455. The number of likely N-dealkylation sites (N-methyl/N-ethyl adjacent to an activating group) is 1. The number of hydrogen-bond acceptors (Lipinski definition) is 2. The van der Waals surface area contributed by atoms with Crippen molar-refractivity contribution >= 4 is 0 Å². The molecule has 2 aliphatic rings. The fourth-order valence-electron chi connectivity index (χ4n) is 3.90. The Balaban J connectivity index is 0.00000133. The summed E-state index contributed by atoms with van der Waals surface area (Å²) < 4.78 is 2.90. The van der Waals surface area contributed by atoms with Crippen molar-refractivity contribution in [1.29, 1.82) is 0 Å². The molecule has 0 amide bonds. The van der Waals surface area contributed by atoms with E-state index in [0.717, 1.165) is 30.7 Å². The molecular weight excluding hydrogens is 355 g/mol. The molecule has 5 heteroatoms. The zero-order chi connectivity index (χ0) is 12.8. The number of piperidine rings is 1. The highest BCUT2D eigenvalue weighted by Gasteiger charge is 2.41. The molecule has 1 aromatic heterocycles. The largest absolute Gasteiger partial charge is 1.00 e. The molecule has 0 radical (unpaired) electrons. The number of aliphatic hydroxyl groups excluding tert-OH is 1. The molecule has 1 N–H and O–H groups in total. The number of halogens is 1. The van der Waals surface area contributed by atoms with E-state index < -0.39 is 0 Å². The van der Waals surface area contributed by atoms with Crippen LogP contribution < -0.4 is 29.5 Å². The van der Waals surface area contributed by atoms with Crippen molar-refractivity contribution in [2.75, 3.05) is 33.3 Å². The number of pyridine rings is 1. The molecular formula is C14H21IN2O2. The molecule has 4 nitrogen and oxygen atoms in total. The Bertz CT molecular complexity index is 516. The summed E-state index contributed by atoms with van der Waals surface area (Å²) in [7, 11) is 2.23. The molecule has 3 heterocycles. The first-order valence-corrected chi connectivity index (χ1v) is 6.75. The van der Waals surface area contributed by atoms with Crippen LogP contribution in [0, 0.1) is 5.92 Å². The molecule has 106 valence electrons. The SMILES string of the molecule is C[N+]1(CCO)C[C@@H]2C[C@H](C1)c1cccc(=O)n1C2.[I-]. The van der Waals surface area contributed by atoms with Crippen LogP contribution in [0.25, 0.3) is 0 Å². The number of hydrogen-bond donors (Lipinski definition) is 1. The van der Waals surface area contributed by atoms with Gasteiger partial charge in [-0.1, -0.05) is 6.07 Å². The molecule has 3 atom stereocenters. The number of likely N-dealkylation sites (tertiary alicyclic amines) is 1. The van der Waals surface area contributed by atoms with Crippen molar-refractivity contribution in [3.05, 3.63) is 34.2 Å². The molecule has 19 heavy (non-hydrogen) atoms. The molecule has 3 rings (SSSR count). The Morgan fingerprint density at radius 3 is 2.95 bits per heavy atom. The third-order valence-corrected chi connectivity index (χ3v) is 4.56. The van der Waals surface area contributed by atoms with Gasteiger partial charge in [0, 0.05) is 30.1 Å². The molecule has 1 unspecified atom stereocenters. The number of fused-ring (bicyclic) bond motifs is 4. The van der Waals surface area contributed by atoms with Crippen molar-refractivity contribution in [2.45, 2.75) is 18.9 Å². The first-order chi connectivity index (χ1) is 8.61. The van der Waals surface area contributed by atoms with Gasteiger partial charge in [-0.15, -0.1) is 0 Å². The molecule has 1 fully saturated rings. The van der Waals surface area contributed by atoms with Gasteiger partial charge in [-0.05, 0) is 12.5 Å². The standard InChI is InChI=1S/C14H21N2O2.HI/c1-16(5-6-17)9-11-7-12(10-16)13-3-2-4-14(18)15(13)8-11;/h2-4,11-12,17H,5-10H2,1H3;1H/q+1;/p-1/t11-,12-,16?;/m1./s1. The van der Waals surface area contributed by atoms with Crippen molar-refractivity contribution < 1.29 is 33.6 Å². The smallest absolute Gasteiger partial charge is 0.250 e. The topological polar surface area (TPSA) is 42.2 Å². The molecule has 1 aromatic rings. The van der Waals surface area contributed by atoms with E-state index in [1.54, 1.807) is 6.07 Å². The monoisotopic (exact) mass is 376 g/mol. The van der Waals surface area contributed by atoms with E-state index in [-0.39, 0.29) is 36.1 Å². The predicted molar refractivity (Wildman–Crippen MR) is 69.4 cm³/mol. The first kappa shape index (κ1) is 15.0. The summed E-state index contributed by atoms with van der Waals surface area (Å²) in [5.41, 5.74) is 1.33. The lowest BCUT2D eigenvalue weighted by Crippen LogP contribution is -3.00. The maximum atomic E-state index is 11.9. The summed E-state index contributed by atoms with van der Waals surface area (Å²) in [4.78, 5) is 11.9. The summed E-state index contributed by atoms with van der Waals surface area (Å²) in [5.74, 6) is 1.05. The van der Waals surface area contributed by atoms with E-state index in [2.05, 4.69) is 13.1 Å².